The van der Waals surface area contributed by atoms with Crippen LogP contribution in [-0.4, -0.2) is 64.3 Å². The zero-order valence-corrected chi connectivity index (χ0v) is 31.4. The van der Waals surface area contributed by atoms with Crippen molar-refractivity contribution in [1.82, 2.24) is 20.5 Å². The lowest BCUT2D eigenvalue weighted by atomic mass is 10.0. The maximum absolute atomic E-state index is 13.4. The summed E-state index contributed by atoms with van der Waals surface area (Å²) >= 11 is 15.1. The summed E-state index contributed by atoms with van der Waals surface area (Å²) in [5.41, 5.74) is 3.46. The zero-order chi connectivity index (χ0) is 35.7. The molecule has 3 N–H and O–H groups in total. The van der Waals surface area contributed by atoms with Crippen molar-refractivity contribution in [2.75, 3.05) is 24.2 Å². The van der Waals surface area contributed by atoms with Crippen LogP contribution in [0.2, 0.25) is 10.0 Å². The fourth-order valence-corrected chi connectivity index (χ4v) is 7.45. The quantitative estimate of drug-likeness (QED) is 0.126. The number of halogens is 2. The summed E-state index contributed by atoms with van der Waals surface area (Å²) in [5.74, 6) is -0.0982. The van der Waals surface area contributed by atoms with Gasteiger partial charge >= 0.3 is 6.09 Å². The third kappa shape index (κ3) is 11.7. The van der Waals surface area contributed by atoms with E-state index >= 15 is 0 Å². The Morgan fingerprint density at radius 3 is 2.46 bits per heavy atom. The van der Waals surface area contributed by atoms with Crippen molar-refractivity contribution in [2.24, 2.45) is 0 Å². The van der Waals surface area contributed by atoms with E-state index in [4.69, 9.17) is 32.9 Å². The van der Waals surface area contributed by atoms with Crippen LogP contribution >= 0.6 is 46.3 Å². The highest BCUT2D eigenvalue weighted by atomic mass is 35.5. The fraction of sp³-hybridized carbons (Fsp3) is 0.351. The van der Waals surface area contributed by atoms with Crippen LogP contribution < -0.4 is 16.0 Å². The van der Waals surface area contributed by atoms with E-state index in [2.05, 4.69) is 20.9 Å². The number of hydrogen-bond donors (Lipinski definition) is 3. The van der Waals surface area contributed by atoms with E-state index in [0.29, 0.717) is 22.2 Å². The van der Waals surface area contributed by atoms with Crippen molar-refractivity contribution in [2.45, 2.75) is 68.6 Å². The number of nitrogens with zero attached hydrogens (tertiary/aromatic N) is 2. The summed E-state index contributed by atoms with van der Waals surface area (Å²) in [6.07, 6.45) is 1.40. The first-order valence-electron chi connectivity index (χ1n) is 16.4. The maximum Gasteiger partial charge on any atom is 0.408 e. The number of nitrogens with one attached hydrogen (secondary N) is 3. The van der Waals surface area contributed by atoms with E-state index in [9.17, 15) is 14.4 Å². The predicted octanol–water partition coefficient (Wildman–Crippen LogP) is 8.06. The molecule has 1 aliphatic heterocycles. The molecule has 1 aliphatic rings. The lowest BCUT2D eigenvalue weighted by Gasteiger charge is -2.32. The zero-order valence-electron chi connectivity index (χ0n) is 28.2. The molecule has 4 aromatic rings. The first-order valence-corrected chi connectivity index (χ1v) is 19.0. The number of carbonyl (C=O) groups is 3. The third-order valence-electron chi connectivity index (χ3n) is 7.87. The lowest BCUT2D eigenvalue weighted by Crippen LogP contribution is -2.47. The number of piperidine rings is 1. The van der Waals surface area contributed by atoms with Crippen molar-refractivity contribution in [1.29, 1.82) is 0 Å². The highest BCUT2D eigenvalue weighted by Crippen LogP contribution is 2.30. The number of benzene rings is 3. The first kappa shape index (κ1) is 37.6. The molecule has 1 aromatic heterocycles. The molecule has 13 heteroatoms. The van der Waals surface area contributed by atoms with E-state index in [1.165, 1.54) is 23.1 Å². The van der Waals surface area contributed by atoms with E-state index in [0.717, 1.165) is 59.2 Å². The fourth-order valence-electron chi connectivity index (χ4n) is 5.48. The number of thiazole rings is 1. The molecule has 0 spiro atoms. The van der Waals surface area contributed by atoms with Gasteiger partial charge in [-0.05, 0) is 69.0 Å². The lowest BCUT2D eigenvalue weighted by molar-refractivity contribution is -0.119. The van der Waals surface area contributed by atoms with E-state index < -0.39 is 17.7 Å². The van der Waals surface area contributed by atoms with E-state index in [1.54, 1.807) is 26.8 Å². The van der Waals surface area contributed by atoms with Gasteiger partial charge in [-0.1, -0.05) is 83.5 Å². The summed E-state index contributed by atoms with van der Waals surface area (Å²) in [6, 6.07) is 21.9. The average molecular weight is 755 g/mol. The van der Waals surface area contributed by atoms with Gasteiger partial charge in [-0.3, -0.25) is 14.5 Å². The minimum atomic E-state index is -0.856. The van der Waals surface area contributed by atoms with Gasteiger partial charge in [0, 0.05) is 48.7 Å². The second-order valence-electron chi connectivity index (χ2n) is 13.1. The van der Waals surface area contributed by atoms with Gasteiger partial charge in [0.05, 0.1) is 21.5 Å². The number of ether oxygens (including phenoxy) is 1. The molecule has 264 valence electrons. The van der Waals surface area contributed by atoms with Crippen molar-refractivity contribution in [3.8, 4) is 11.3 Å². The van der Waals surface area contributed by atoms with Gasteiger partial charge in [-0.15, -0.1) is 11.3 Å². The Bertz CT molecular complexity index is 1770. The number of alkyl carbamates (subject to hydrolysis) is 1. The molecule has 0 saturated carbocycles. The van der Waals surface area contributed by atoms with Crippen LogP contribution in [0.4, 0.5) is 10.5 Å². The van der Waals surface area contributed by atoms with Gasteiger partial charge in [0.2, 0.25) is 11.8 Å². The minimum absolute atomic E-state index is 0.00978. The van der Waals surface area contributed by atoms with E-state index in [1.807, 2.05) is 72.1 Å². The summed E-state index contributed by atoms with van der Waals surface area (Å²) in [6.45, 7) is 7.90. The number of likely N-dealkylation sites (tertiary alicyclic amines) is 1. The SMILES string of the molecule is CC(C)(C)OC(=O)NC(Cc1ccccc1)C(=O)Nc1cccc(-c2csc(SCC(=O)NC3CCN(Cc4ccc(Cl)c(Cl)c4)CC3)n2)c1. The summed E-state index contributed by atoms with van der Waals surface area (Å²) in [4.78, 5) is 45.9. The smallest absolute Gasteiger partial charge is 0.408 e. The molecule has 1 unspecified atom stereocenters. The van der Waals surface area contributed by atoms with Crippen LogP contribution in [0.3, 0.4) is 0 Å². The molecule has 50 heavy (non-hydrogen) atoms. The van der Waals surface area contributed by atoms with Gasteiger partial charge in [0.15, 0.2) is 4.34 Å². The number of amides is 3. The van der Waals surface area contributed by atoms with Crippen LogP contribution in [0.5, 0.6) is 0 Å². The minimum Gasteiger partial charge on any atom is -0.444 e. The molecule has 1 saturated heterocycles. The first-order chi connectivity index (χ1) is 23.9. The number of anilines is 1. The Kier molecular flexibility index (Phi) is 13.2. The van der Waals surface area contributed by atoms with Crippen LogP contribution in [0, 0.1) is 0 Å². The van der Waals surface area contributed by atoms with Crippen molar-refractivity contribution in [3.05, 3.63) is 99.3 Å². The van der Waals surface area contributed by atoms with Crippen LogP contribution in [-0.2, 0) is 27.3 Å². The molecule has 9 nitrogen and oxygen atoms in total. The monoisotopic (exact) mass is 753 g/mol. The number of thioether (sulfide) groups is 1. The van der Waals surface area contributed by atoms with Crippen LogP contribution in [0.15, 0.2) is 82.5 Å². The standard InChI is InChI=1S/C37H41Cl2N5O4S2/c1-37(2,3)48-35(47)42-31(19-24-8-5-4-6-9-24)34(46)41-28-11-7-10-26(20-28)32-22-49-36(43-32)50-23-33(45)40-27-14-16-44(17-15-27)21-25-12-13-29(38)30(39)18-25/h4-13,18,20,22,27,31H,14-17,19,21,23H2,1-3H3,(H,40,45)(H,41,46)(H,42,47). The van der Waals surface area contributed by atoms with Gasteiger partial charge in [-0.25, -0.2) is 9.78 Å². The molecule has 1 fully saturated rings. The van der Waals surface area contributed by atoms with Crippen molar-refractivity contribution < 1.29 is 19.1 Å². The number of rotatable bonds is 12. The van der Waals surface area contributed by atoms with Crippen molar-refractivity contribution in [3.63, 3.8) is 0 Å². The predicted molar refractivity (Wildman–Crippen MR) is 203 cm³/mol. The molecular formula is C37H41Cl2N5O4S2. The van der Waals surface area contributed by atoms with Crippen LogP contribution in [0.1, 0.15) is 44.7 Å². The number of carbonyl (C=O) groups excluding carboxylic acids is 3. The van der Waals surface area contributed by atoms with Crippen LogP contribution in [0.25, 0.3) is 11.3 Å². The second kappa shape index (κ2) is 17.5. The van der Waals surface area contributed by atoms with Gasteiger partial charge in [0.1, 0.15) is 11.6 Å². The summed E-state index contributed by atoms with van der Waals surface area (Å²) in [5, 5.41) is 11.9. The Morgan fingerprint density at radius 1 is 0.980 bits per heavy atom. The summed E-state index contributed by atoms with van der Waals surface area (Å²) < 4.78 is 6.20. The Hall–Kier alpha value is -3.61. The molecule has 0 aliphatic carbocycles. The van der Waals surface area contributed by atoms with Crippen molar-refractivity contribution >= 4 is 69.9 Å². The number of hydrogen-bond acceptors (Lipinski definition) is 8. The van der Waals surface area contributed by atoms with Gasteiger partial charge < -0.3 is 20.7 Å². The third-order valence-corrected chi connectivity index (χ3v) is 10.6. The highest BCUT2D eigenvalue weighted by Gasteiger charge is 2.25. The molecule has 2 heterocycles. The molecule has 0 radical (unpaired) electrons. The number of aromatic nitrogens is 1. The normalized spacial score (nSPS) is 14.5. The Morgan fingerprint density at radius 2 is 1.74 bits per heavy atom. The van der Waals surface area contributed by atoms with Gasteiger partial charge in [0.25, 0.3) is 0 Å². The van der Waals surface area contributed by atoms with E-state index in [-0.39, 0.29) is 23.6 Å². The molecule has 3 amide bonds. The molecule has 1 atom stereocenters. The van der Waals surface area contributed by atoms with Gasteiger partial charge in [-0.2, -0.15) is 0 Å². The Labute approximate surface area is 311 Å². The molecule has 5 rings (SSSR count). The average Bonchev–Trinajstić information content (AvgIpc) is 3.55. The maximum atomic E-state index is 13.4. The Balaban J connectivity index is 1.11. The molecule has 0 bridgehead atoms. The highest BCUT2D eigenvalue weighted by molar-refractivity contribution is 8.01. The largest absolute Gasteiger partial charge is 0.444 e. The second-order valence-corrected chi connectivity index (χ2v) is 16.0. The molecule has 3 aromatic carbocycles. The molecular weight excluding hydrogens is 713 g/mol. The topological polar surface area (TPSA) is 113 Å². The summed E-state index contributed by atoms with van der Waals surface area (Å²) in [7, 11) is 0.